The minimum absolute atomic E-state index is 0.00490. The molecule has 3 heteroatoms. The average molecular weight is 351 g/mol. The van der Waals surface area contributed by atoms with Crippen molar-refractivity contribution in [2.24, 2.45) is 5.41 Å². The van der Waals surface area contributed by atoms with Crippen LogP contribution in [0.25, 0.3) is 0 Å². The van der Waals surface area contributed by atoms with E-state index >= 15 is 0 Å². The molecule has 1 aliphatic rings. The van der Waals surface area contributed by atoms with Crippen LogP contribution in [0.3, 0.4) is 0 Å². The zero-order valence-corrected chi connectivity index (χ0v) is 14.5. The van der Waals surface area contributed by atoms with Gasteiger partial charge in [-0.2, -0.15) is 0 Å². The van der Waals surface area contributed by atoms with Gasteiger partial charge in [-0.3, -0.25) is 0 Å². The Balaban J connectivity index is 1.99. The van der Waals surface area contributed by atoms with Gasteiger partial charge in [0.2, 0.25) is 0 Å². The van der Waals surface area contributed by atoms with Crippen molar-refractivity contribution in [3.63, 3.8) is 0 Å². The number of ether oxygens (including phenoxy) is 1. The molecule has 21 heavy (non-hydrogen) atoms. The third kappa shape index (κ3) is 4.46. The summed E-state index contributed by atoms with van der Waals surface area (Å²) in [4.78, 5) is 12.5. The van der Waals surface area contributed by atoms with E-state index in [1.807, 2.05) is 13.0 Å². The molecule has 1 aromatic rings. The Kier molecular flexibility index (Phi) is 6.07. The Morgan fingerprint density at radius 1 is 1.38 bits per heavy atom. The van der Waals surface area contributed by atoms with E-state index in [1.54, 1.807) is 0 Å². The summed E-state index contributed by atoms with van der Waals surface area (Å²) in [6, 6.07) is 10.6. The van der Waals surface area contributed by atoms with E-state index in [1.165, 1.54) is 10.0 Å². The Labute approximate surface area is 134 Å². The van der Waals surface area contributed by atoms with Gasteiger partial charge in [0.25, 0.3) is 0 Å². The van der Waals surface area contributed by atoms with Crippen molar-refractivity contribution in [1.29, 1.82) is 0 Å². The van der Waals surface area contributed by atoms with Crippen molar-refractivity contribution >= 4 is 25.4 Å². The number of esters is 1. The maximum absolute atomic E-state index is 12.5. The molecule has 1 saturated carbocycles. The molecule has 1 aliphatic carbocycles. The van der Waals surface area contributed by atoms with Crippen LogP contribution in [0, 0.1) is 5.41 Å². The summed E-state index contributed by atoms with van der Waals surface area (Å²) in [5, 5.41) is 1.09. The fourth-order valence-corrected chi connectivity index (χ4v) is 5.25. The van der Waals surface area contributed by atoms with Gasteiger partial charge < -0.3 is 0 Å². The van der Waals surface area contributed by atoms with Crippen LogP contribution >= 0.6 is 0 Å². The first-order chi connectivity index (χ1) is 10.2. The molecule has 114 valence electrons. The fourth-order valence-electron chi connectivity index (χ4n) is 2.99. The second-order valence-corrected chi connectivity index (χ2v) is 8.14. The quantitative estimate of drug-likeness (QED) is 0.445. The Bertz CT molecular complexity index is 483. The number of carbonyl (C=O) groups is 1. The van der Waals surface area contributed by atoms with Gasteiger partial charge in [-0.25, -0.2) is 0 Å². The summed E-state index contributed by atoms with van der Waals surface area (Å²) in [7, 11) is 0. The van der Waals surface area contributed by atoms with E-state index < -0.39 is 0 Å². The standard InChI is InChI=1S/C18H24O2Se/c1-3-20-17(19)18(11-7-8-15(2)14-18)12-13-21-16-9-5-4-6-10-16/h4-6,9-10H,2-3,7-8,11-14H2,1H3. The molecule has 0 aliphatic heterocycles. The Morgan fingerprint density at radius 3 is 2.81 bits per heavy atom. The third-order valence-corrected chi connectivity index (χ3v) is 6.20. The maximum atomic E-state index is 12.5. The first-order valence-electron chi connectivity index (χ1n) is 7.68. The minimum atomic E-state index is -0.304. The van der Waals surface area contributed by atoms with Crippen molar-refractivity contribution in [2.75, 3.05) is 6.61 Å². The number of allylic oxidation sites excluding steroid dienone is 1. The van der Waals surface area contributed by atoms with E-state index in [4.69, 9.17) is 4.74 Å². The normalized spacial score (nSPS) is 22.0. The van der Waals surface area contributed by atoms with Gasteiger partial charge in [-0.05, 0) is 0 Å². The van der Waals surface area contributed by atoms with E-state index in [-0.39, 0.29) is 11.4 Å². The molecule has 0 aromatic heterocycles. The van der Waals surface area contributed by atoms with Crippen molar-refractivity contribution in [3.8, 4) is 0 Å². The van der Waals surface area contributed by atoms with Gasteiger partial charge in [-0.1, -0.05) is 0 Å². The molecule has 1 unspecified atom stereocenters. The second kappa shape index (κ2) is 7.82. The van der Waals surface area contributed by atoms with Crippen molar-refractivity contribution in [2.45, 2.75) is 44.3 Å². The molecular formula is C18H24O2Se. The van der Waals surface area contributed by atoms with Crippen LogP contribution in [0.2, 0.25) is 5.32 Å². The summed E-state index contributed by atoms with van der Waals surface area (Å²) in [6.45, 7) is 6.47. The zero-order chi connectivity index (χ0) is 15.1. The molecule has 0 spiro atoms. The van der Waals surface area contributed by atoms with Gasteiger partial charge in [0.05, 0.1) is 0 Å². The topological polar surface area (TPSA) is 26.3 Å². The number of rotatable bonds is 6. The molecule has 1 atom stereocenters. The molecular weight excluding hydrogens is 327 g/mol. The molecule has 0 N–H and O–H groups in total. The summed E-state index contributed by atoms with van der Waals surface area (Å²) in [6.07, 6.45) is 4.83. The number of carbonyl (C=O) groups excluding carboxylic acids is 1. The SMILES string of the molecule is C=C1CCCC(CC[Se]c2ccccc2)(C(=O)OCC)C1. The van der Waals surface area contributed by atoms with Crippen LogP contribution < -0.4 is 4.46 Å². The monoisotopic (exact) mass is 352 g/mol. The fraction of sp³-hybridized carbons (Fsp3) is 0.500. The van der Waals surface area contributed by atoms with E-state index in [0.717, 1.165) is 37.4 Å². The summed E-state index contributed by atoms with van der Waals surface area (Å²) in [5.41, 5.74) is 0.906. The van der Waals surface area contributed by atoms with Gasteiger partial charge in [0, 0.05) is 0 Å². The van der Waals surface area contributed by atoms with Gasteiger partial charge in [0.1, 0.15) is 0 Å². The Morgan fingerprint density at radius 2 is 2.14 bits per heavy atom. The molecule has 1 aromatic carbocycles. The molecule has 0 amide bonds. The van der Waals surface area contributed by atoms with E-state index in [9.17, 15) is 4.79 Å². The van der Waals surface area contributed by atoms with Crippen LogP contribution in [0.15, 0.2) is 42.5 Å². The molecule has 2 rings (SSSR count). The third-order valence-electron chi connectivity index (χ3n) is 4.08. The van der Waals surface area contributed by atoms with E-state index in [0.29, 0.717) is 21.6 Å². The van der Waals surface area contributed by atoms with Crippen molar-refractivity contribution in [3.05, 3.63) is 42.5 Å². The zero-order valence-electron chi connectivity index (χ0n) is 12.8. The van der Waals surface area contributed by atoms with Crippen LogP contribution in [0.5, 0.6) is 0 Å². The van der Waals surface area contributed by atoms with Gasteiger partial charge in [-0.15, -0.1) is 0 Å². The average Bonchev–Trinajstić information content (AvgIpc) is 2.48. The summed E-state index contributed by atoms with van der Waals surface area (Å²) < 4.78 is 6.76. The van der Waals surface area contributed by atoms with Crippen LogP contribution in [0.4, 0.5) is 0 Å². The van der Waals surface area contributed by atoms with Crippen LogP contribution in [-0.4, -0.2) is 27.5 Å². The molecule has 1 fully saturated rings. The first-order valence-corrected chi connectivity index (χ1v) is 9.75. The molecule has 0 bridgehead atoms. The Hall–Kier alpha value is -1.05. The predicted molar refractivity (Wildman–Crippen MR) is 87.9 cm³/mol. The molecule has 0 heterocycles. The van der Waals surface area contributed by atoms with Gasteiger partial charge in [0.15, 0.2) is 0 Å². The summed E-state index contributed by atoms with van der Waals surface area (Å²) in [5.74, 6) is -0.00490. The van der Waals surface area contributed by atoms with Crippen LogP contribution in [0.1, 0.15) is 39.0 Å². The van der Waals surface area contributed by atoms with Crippen LogP contribution in [-0.2, 0) is 9.53 Å². The van der Waals surface area contributed by atoms with Crippen molar-refractivity contribution < 1.29 is 9.53 Å². The predicted octanol–water partition coefficient (Wildman–Crippen LogP) is 3.50. The molecule has 0 radical (unpaired) electrons. The van der Waals surface area contributed by atoms with Crippen molar-refractivity contribution in [1.82, 2.24) is 0 Å². The number of benzene rings is 1. The van der Waals surface area contributed by atoms with Gasteiger partial charge >= 0.3 is 134 Å². The second-order valence-electron chi connectivity index (χ2n) is 5.69. The number of hydrogen-bond acceptors (Lipinski definition) is 2. The first kappa shape index (κ1) is 16.3. The van der Waals surface area contributed by atoms with E-state index in [2.05, 4.69) is 30.8 Å². The molecule has 0 saturated heterocycles. The summed E-state index contributed by atoms with van der Waals surface area (Å²) >= 11 is 0.430. The molecule has 2 nitrogen and oxygen atoms in total. The number of hydrogen-bond donors (Lipinski definition) is 0.